The number of benzene rings is 1. The molecule has 0 radical (unpaired) electrons. The number of allylic oxidation sites excluding steroid dienone is 1. The lowest BCUT2D eigenvalue weighted by Gasteiger charge is -2.11. The van der Waals surface area contributed by atoms with E-state index in [1.807, 2.05) is 37.4 Å². The predicted molar refractivity (Wildman–Crippen MR) is 110 cm³/mol. The molecule has 1 amide bonds. The number of nitrogens with one attached hydrogen (secondary N) is 2. The van der Waals surface area contributed by atoms with E-state index in [2.05, 4.69) is 20.3 Å². The molecule has 4 N–H and O–H groups in total. The van der Waals surface area contributed by atoms with E-state index in [0.29, 0.717) is 17.8 Å². The van der Waals surface area contributed by atoms with E-state index in [1.54, 1.807) is 32.3 Å². The van der Waals surface area contributed by atoms with Crippen molar-refractivity contribution in [3.63, 3.8) is 0 Å². The molecule has 3 rings (SSSR count). The van der Waals surface area contributed by atoms with Crippen LogP contribution in [0.1, 0.15) is 24.2 Å². The number of rotatable bonds is 5. The third kappa shape index (κ3) is 3.89. The fourth-order valence-corrected chi connectivity index (χ4v) is 2.95. The number of amides is 1. The SMILES string of the molecule is CN=C(C)C(CNC(=O)c1ccc(-c2nccc3[nH]ccc23)cc1)=C(C)N. The third-order valence-electron chi connectivity index (χ3n) is 4.57. The van der Waals surface area contributed by atoms with E-state index < -0.39 is 0 Å². The van der Waals surface area contributed by atoms with Crippen LogP contribution < -0.4 is 11.1 Å². The lowest BCUT2D eigenvalue weighted by Crippen LogP contribution is -2.28. The van der Waals surface area contributed by atoms with Crippen molar-refractivity contribution in [1.82, 2.24) is 15.3 Å². The van der Waals surface area contributed by atoms with Gasteiger partial charge in [-0.1, -0.05) is 12.1 Å². The molecule has 0 spiro atoms. The largest absolute Gasteiger partial charge is 0.402 e. The first-order valence-electron chi connectivity index (χ1n) is 8.71. The molecule has 0 unspecified atom stereocenters. The highest BCUT2D eigenvalue weighted by atomic mass is 16.1. The Morgan fingerprint density at radius 1 is 1.19 bits per heavy atom. The molecular formula is C21H23N5O. The normalized spacial score (nSPS) is 12.8. The topological polar surface area (TPSA) is 96.2 Å². The average molecular weight is 361 g/mol. The van der Waals surface area contributed by atoms with E-state index in [0.717, 1.165) is 33.4 Å². The highest BCUT2D eigenvalue weighted by Crippen LogP contribution is 2.25. The van der Waals surface area contributed by atoms with Crippen LogP contribution in [0, 0.1) is 0 Å². The van der Waals surface area contributed by atoms with Crippen molar-refractivity contribution in [2.24, 2.45) is 10.7 Å². The second kappa shape index (κ2) is 7.86. The summed E-state index contributed by atoms with van der Waals surface area (Å²) in [6.07, 6.45) is 3.67. The molecule has 0 aliphatic carbocycles. The number of carbonyl (C=O) groups is 1. The van der Waals surface area contributed by atoms with E-state index in [4.69, 9.17) is 5.73 Å². The number of hydrogen-bond acceptors (Lipinski definition) is 4. The van der Waals surface area contributed by atoms with Gasteiger partial charge in [-0.05, 0) is 38.1 Å². The average Bonchev–Trinajstić information content (AvgIpc) is 3.16. The molecule has 0 bridgehead atoms. The maximum absolute atomic E-state index is 12.5. The highest BCUT2D eigenvalue weighted by Gasteiger charge is 2.11. The number of aromatic nitrogens is 2. The van der Waals surface area contributed by atoms with Gasteiger partial charge in [-0.3, -0.25) is 14.8 Å². The number of fused-ring (bicyclic) bond motifs is 1. The maximum atomic E-state index is 12.5. The van der Waals surface area contributed by atoms with Gasteiger partial charge in [0.05, 0.1) is 5.69 Å². The Morgan fingerprint density at radius 3 is 2.59 bits per heavy atom. The first-order valence-corrected chi connectivity index (χ1v) is 8.71. The number of carbonyl (C=O) groups excluding carboxylic acids is 1. The monoisotopic (exact) mass is 361 g/mol. The molecular weight excluding hydrogens is 338 g/mol. The lowest BCUT2D eigenvalue weighted by molar-refractivity contribution is 0.0957. The number of pyridine rings is 1. The molecule has 6 nitrogen and oxygen atoms in total. The standard InChI is InChI=1S/C21H23N5O/c1-13(22)18(14(2)23-3)12-26-21(27)16-6-4-15(5-7-16)20-17-8-10-24-19(17)9-11-25-20/h4-11,24H,12,22H2,1-3H3,(H,26,27). The van der Waals surface area contributed by atoms with Crippen molar-refractivity contribution in [2.75, 3.05) is 13.6 Å². The Balaban J connectivity index is 1.76. The van der Waals surface area contributed by atoms with Crippen molar-refractivity contribution < 1.29 is 4.79 Å². The maximum Gasteiger partial charge on any atom is 0.251 e. The van der Waals surface area contributed by atoms with Crippen molar-refractivity contribution in [2.45, 2.75) is 13.8 Å². The second-order valence-corrected chi connectivity index (χ2v) is 6.33. The zero-order valence-corrected chi connectivity index (χ0v) is 15.7. The van der Waals surface area contributed by atoms with Gasteiger partial charge in [-0.15, -0.1) is 0 Å². The van der Waals surface area contributed by atoms with Crippen LogP contribution in [0.15, 0.2) is 65.1 Å². The Labute approximate surface area is 158 Å². The molecule has 3 aromatic rings. The van der Waals surface area contributed by atoms with Crippen LogP contribution in [0.25, 0.3) is 22.2 Å². The smallest absolute Gasteiger partial charge is 0.251 e. The molecule has 138 valence electrons. The molecule has 1 aromatic carbocycles. The van der Waals surface area contributed by atoms with Gasteiger partial charge in [-0.2, -0.15) is 0 Å². The van der Waals surface area contributed by atoms with Crippen LogP contribution in [-0.4, -0.2) is 35.2 Å². The summed E-state index contributed by atoms with van der Waals surface area (Å²) in [4.78, 5) is 24.3. The minimum absolute atomic E-state index is 0.156. The Hall–Kier alpha value is -3.41. The molecule has 0 fully saturated rings. The van der Waals surface area contributed by atoms with Gasteiger partial charge >= 0.3 is 0 Å². The summed E-state index contributed by atoms with van der Waals surface area (Å²) >= 11 is 0. The third-order valence-corrected chi connectivity index (χ3v) is 4.57. The fraction of sp³-hybridized carbons (Fsp3) is 0.190. The zero-order valence-electron chi connectivity index (χ0n) is 15.7. The molecule has 0 saturated heterocycles. The quantitative estimate of drug-likeness (QED) is 0.609. The minimum atomic E-state index is -0.156. The minimum Gasteiger partial charge on any atom is -0.402 e. The molecule has 27 heavy (non-hydrogen) atoms. The van der Waals surface area contributed by atoms with Gasteiger partial charge in [0.15, 0.2) is 0 Å². The molecule has 0 saturated carbocycles. The van der Waals surface area contributed by atoms with Crippen LogP contribution in [0.3, 0.4) is 0 Å². The van der Waals surface area contributed by atoms with Gasteiger partial charge in [0, 0.05) is 65.0 Å². The number of aromatic amines is 1. The Kier molecular flexibility index (Phi) is 5.35. The lowest BCUT2D eigenvalue weighted by atomic mass is 10.1. The summed E-state index contributed by atoms with van der Waals surface area (Å²) in [6.45, 7) is 4.02. The van der Waals surface area contributed by atoms with Crippen LogP contribution >= 0.6 is 0 Å². The van der Waals surface area contributed by atoms with Crippen molar-refractivity contribution in [3.8, 4) is 11.3 Å². The van der Waals surface area contributed by atoms with Gasteiger partial charge in [-0.25, -0.2) is 0 Å². The summed E-state index contributed by atoms with van der Waals surface area (Å²) in [7, 11) is 1.71. The molecule has 0 aliphatic rings. The summed E-state index contributed by atoms with van der Waals surface area (Å²) in [5, 5.41) is 3.96. The van der Waals surface area contributed by atoms with Crippen molar-refractivity contribution in [1.29, 1.82) is 0 Å². The zero-order chi connectivity index (χ0) is 19.4. The Morgan fingerprint density at radius 2 is 1.93 bits per heavy atom. The van der Waals surface area contributed by atoms with Crippen molar-refractivity contribution in [3.05, 3.63) is 65.6 Å². The van der Waals surface area contributed by atoms with Gasteiger partial charge in [0.2, 0.25) is 0 Å². The van der Waals surface area contributed by atoms with Crippen LogP contribution in [0.5, 0.6) is 0 Å². The molecule has 2 aromatic heterocycles. The number of aliphatic imine (C=N–C) groups is 1. The van der Waals surface area contributed by atoms with Crippen LogP contribution in [-0.2, 0) is 0 Å². The molecule has 0 atom stereocenters. The summed E-state index contributed by atoms with van der Waals surface area (Å²) < 4.78 is 0. The Bertz CT molecular complexity index is 1020. The fourth-order valence-electron chi connectivity index (χ4n) is 2.95. The van der Waals surface area contributed by atoms with Crippen molar-refractivity contribution >= 4 is 22.5 Å². The summed E-state index contributed by atoms with van der Waals surface area (Å²) in [5.74, 6) is -0.156. The van der Waals surface area contributed by atoms with Gasteiger partial charge < -0.3 is 16.0 Å². The first kappa shape index (κ1) is 18.4. The molecule has 6 heteroatoms. The van der Waals surface area contributed by atoms with E-state index in [1.165, 1.54) is 0 Å². The molecule has 0 aliphatic heterocycles. The number of nitrogens with two attached hydrogens (primary N) is 1. The highest BCUT2D eigenvalue weighted by molar-refractivity contribution is 6.01. The second-order valence-electron chi connectivity index (χ2n) is 6.33. The molecule has 2 heterocycles. The van der Waals surface area contributed by atoms with Gasteiger partial charge in [0.25, 0.3) is 5.91 Å². The predicted octanol–water partition coefficient (Wildman–Crippen LogP) is 3.28. The van der Waals surface area contributed by atoms with Gasteiger partial charge in [0.1, 0.15) is 0 Å². The van der Waals surface area contributed by atoms with Crippen LogP contribution in [0.2, 0.25) is 0 Å². The number of nitrogens with zero attached hydrogens (tertiary/aromatic N) is 2. The number of H-pyrrole nitrogens is 1. The summed E-state index contributed by atoms with van der Waals surface area (Å²) in [5.41, 5.74) is 11.7. The van der Waals surface area contributed by atoms with Crippen LogP contribution in [0.4, 0.5) is 0 Å². The number of hydrogen-bond donors (Lipinski definition) is 3. The van der Waals surface area contributed by atoms with E-state index in [-0.39, 0.29) is 5.91 Å². The first-order chi connectivity index (χ1) is 13.0. The van der Waals surface area contributed by atoms with E-state index in [9.17, 15) is 4.79 Å². The summed E-state index contributed by atoms with van der Waals surface area (Å²) in [6, 6.07) is 11.4. The van der Waals surface area contributed by atoms with E-state index >= 15 is 0 Å².